The third-order valence-electron chi connectivity index (χ3n) is 8.17. The fraction of sp³-hybridized carbons (Fsp3) is 0.613. The highest BCUT2D eigenvalue weighted by Gasteiger charge is 2.38. The van der Waals surface area contributed by atoms with Gasteiger partial charge in [0.2, 0.25) is 0 Å². The van der Waals surface area contributed by atoms with Gasteiger partial charge in [-0.2, -0.15) is 0 Å². The molecule has 2 aromatic carbocycles. The molecule has 0 aromatic heterocycles. The van der Waals surface area contributed by atoms with Gasteiger partial charge in [-0.3, -0.25) is 0 Å². The van der Waals surface area contributed by atoms with Crippen molar-refractivity contribution in [3.63, 3.8) is 0 Å². The molecule has 2 atom stereocenters. The van der Waals surface area contributed by atoms with Gasteiger partial charge >= 0.3 is 0 Å². The zero-order valence-corrected chi connectivity index (χ0v) is 22.2. The predicted octanol–water partition coefficient (Wildman–Crippen LogP) is 6.84. The molecule has 0 aliphatic carbocycles. The number of hydrogen-bond acceptors (Lipinski definition) is 4. The fourth-order valence-electron chi connectivity index (χ4n) is 5.05. The molecular formula is C31H44O4. The van der Waals surface area contributed by atoms with E-state index in [4.69, 9.17) is 18.9 Å². The van der Waals surface area contributed by atoms with Gasteiger partial charge in [-0.05, 0) is 61.3 Å². The van der Waals surface area contributed by atoms with Crippen molar-refractivity contribution >= 4 is 0 Å². The number of ether oxygens (including phenoxy) is 4. The average Bonchev–Trinajstić information content (AvgIpc) is 2.84. The van der Waals surface area contributed by atoms with Gasteiger partial charge in [0.15, 0.2) is 0 Å². The second kappa shape index (κ2) is 12.0. The first-order valence-electron chi connectivity index (χ1n) is 13.6. The van der Waals surface area contributed by atoms with Gasteiger partial charge in [0.25, 0.3) is 0 Å². The molecule has 4 nitrogen and oxygen atoms in total. The zero-order valence-electron chi connectivity index (χ0n) is 22.2. The van der Waals surface area contributed by atoms with Crippen LogP contribution in [0.2, 0.25) is 0 Å². The van der Waals surface area contributed by atoms with Crippen LogP contribution in [0.3, 0.4) is 0 Å². The van der Waals surface area contributed by atoms with Crippen LogP contribution in [0.15, 0.2) is 48.5 Å². The highest BCUT2D eigenvalue weighted by atomic mass is 16.5. The molecule has 2 aliphatic rings. The van der Waals surface area contributed by atoms with Crippen LogP contribution in [0.25, 0.3) is 11.1 Å². The molecule has 2 saturated heterocycles. The Morgan fingerprint density at radius 3 is 1.74 bits per heavy atom. The van der Waals surface area contributed by atoms with Gasteiger partial charge in [-0.25, -0.2) is 0 Å². The van der Waals surface area contributed by atoms with Gasteiger partial charge in [-0.1, -0.05) is 69.3 Å². The lowest BCUT2D eigenvalue weighted by atomic mass is 9.78. The quantitative estimate of drug-likeness (QED) is 0.297. The molecule has 2 fully saturated rings. The van der Waals surface area contributed by atoms with Crippen LogP contribution in [0, 0.1) is 10.8 Å². The van der Waals surface area contributed by atoms with E-state index in [9.17, 15) is 0 Å². The lowest BCUT2D eigenvalue weighted by molar-refractivity contribution is -0.160. The van der Waals surface area contributed by atoms with E-state index in [1.165, 1.54) is 22.3 Å². The smallest absolute Gasteiger partial charge is 0.0720 e. The van der Waals surface area contributed by atoms with Gasteiger partial charge < -0.3 is 18.9 Å². The monoisotopic (exact) mass is 480 g/mol. The fourth-order valence-corrected chi connectivity index (χ4v) is 5.05. The molecule has 0 saturated carbocycles. The summed E-state index contributed by atoms with van der Waals surface area (Å²) in [6.07, 6.45) is 5.85. The first-order valence-corrected chi connectivity index (χ1v) is 13.6. The van der Waals surface area contributed by atoms with Crippen LogP contribution < -0.4 is 0 Å². The Labute approximate surface area is 212 Å². The van der Waals surface area contributed by atoms with Crippen molar-refractivity contribution in [2.45, 2.75) is 78.6 Å². The van der Waals surface area contributed by atoms with Crippen molar-refractivity contribution in [1.29, 1.82) is 0 Å². The Morgan fingerprint density at radius 1 is 0.743 bits per heavy atom. The van der Waals surface area contributed by atoms with E-state index in [2.05, 4.69) is 76.2 Å². The van der Waals surface area contributed by atoms with E-state index in [-0.39, 0.29) is 17.6 Å². The van der Waals surface area contributed by atoms with Crippen molar-refractivity contribution in [2.24, 2.45) is 10.8 Å². The molecule has 0 spiro atoms. The Kier molecular flexibility index (Phi) is 9.04. The minimum absolute atomic E-state index is 0.246. The number of benzene rings is 2. The maximum Gasteiger partial charge on any atom is 0.0720 e. The second-order valence-electron chi connectivity index (χ2n) is 11.0. The molecule has 0 bridgehead atoms. The summed E-state index contributed by atoms with van der Waals surface area (Å²) >= 11 is 0. The Balaban J connectivity index is 1.25. The van der Waals surface area contributed by atoms with Crippen molar-refractivity contribution in [3.05, 3.63) is 59.7 Å². The summed E-state index contributed by atoms with van der Waals surface area (Å²) in [5.41, 5.74) is 5.62. The van der Waals surface area contributed by atoms with Gasteiger partial charge in [0, 0.05) is 10.8 Å². The van der Waals surface area contributed by atoms with E-state index in [1.807, 2.05) is 0 Å². The van der Waals surface area contributed by atoms with Crippen LogP contribution in [0.4, 0.5) is 0 Å². The summed E-state index contributed by atoms with van der Waals surface area (Å²) < 4.78 is 23.3. The van der Waals surface area contributed by atoms with E-state index >= 15 is 0 Å². The Hall–Kier alpha value is -1.72. The molecule has 0 radical (unpaired) electrons. The lowest BCUT2D eigenvalue weighted by Crippen LogP contribution is -2.46. The molecule has 35 heavy (non-hydrogen) atoms. The highest BCUT2D eigenvalue weighted by molar-refractivity contribution is 5.63. The Bertz CT molecular complexity index is 886. The molecule has 2 aromatic rings. The second-order valence-corrected chi connectivity index (χ2v) is 11.0. The van der Waals surface area contributed by atoms with E-state index in [1.54, 1.807) is 0 Å². The van der Waals surface area contributed by atoms with Gasteiger partial charge in [0.1, 0.15) is 0 Å². The van der Waals surface area contributed by atoms with E-state index < -0.39 is 0 Å². The van der Waals surface area contributed by atoms with Crippen LogP contribution >= 0.6 is 0 Å². The minimum Gasteiger partial charge on any atom is -0.380 e. The van der Waals surface area contributed by atoms with Crippen molar-refractivity contribution < 1.29 is 18.9 Å². The molecule has 2 unspecified atom stereocenters. The zero-order chi connectivity index (χ0) is 24.7. The maximum absolute atomic E-state index is 6.31. The first kappa shape index (κ1) is 26.3. The molecule has 0 N–H and O–H groups in total. The first-order chi connectivity index (χ1) is 17.0. The maximum atomic E-state index is 6.31. The minimum atomic E-state index is 0.246. The van der Waals surface area contributed by atoms with Crippen molar-refractivity contribution in [3.8, 4) is 11.1 Å². The molecule has 0 amide bonds. The van der Waals surface area contributed by atoms with Crippen LogP contribution in [-0.4, -0.2) is 45.2 Å². The van der Waals surface area contributed by atoms with Gasteiger partial charge in [0.05, 0.1) is 51.8 Å². The third-order valence-corrected chi connectivity index (χ3v) is 8.17. The topological polar surface area (TPSA) is 36.9 Å². The summed E-state index contributed by atoms with van der Waals surface area (Å²) in [7, 11) is 0. The average molecular weight is 481 g/mol. The third kappa shape index (κ3) is 6.74. The molecule has 192 valence electrons. The summed E-state index contributed by atoms with van der Waals surface area (Å²) in [6.45, 7) is 13.8. The van der Waals surface area contributed by atoms with Crippen LogP contribution in [-0.2, 0) is 32.0 Å². The molecule has 2 aliphatic heterocycles. The van der Waals surface area contributed by atoms with Crippen molar-refractivity contribution in [2.75, 3.05) is 33.0 Å². The van der Waals surface area contributed by atoms with E-state index in [0.29, 0.717) is 12.0 Å². The predicted molar refractivity (Wildman–Crippen MR) is 142 cm³/mol. The number of hydrogen-bond donors (Lipinski definition) is 0. The summed E-state index contributed by atoms with van der Waals surface area (Å²) in [5, 5.41) is 0. The summed E-state index contributed by atoms with van der Waals surface area (Å²) in [6, 6.07) is 17.7. The molecular weight excluding hydrogens is 436 g/mol. The largest absolute Gasteiger partial charge is 0.380 e. The summed E-state index contributed by atoms with van der Waals surface area (Å²) in [4.78, 5) is 0. The molecule has 4 rings (SSSR count). The van der Waals surface area contributed by atoms with Crippen LogP contribution in [0.1, 0.15) is 64.5 Å². The normalized spacial score (nSPS) is 20.0. The molecule has 4 heteroatoms. The van der Waals surface area contributed by atoms with Crippen LogP contribution in [0.5, 0.6) is 0 Å². The van der Waals surface area contributed by atoms with Crippen molar-refractivity contribution in [1.82, 2.24) is 0 Å². The highest BCUT2D eigenvalue weighted by Crippen LogP contribution is 2.37. The lowest BCUT2D eigenvalue weighted by Gasteiger charge is -2.42. The van der Waals surface area contributed by atoms with E-state index in [0.717, 1.165) is 65.1 Å². The molecule has 2 heterocycles. The van der Waals surface area contributed by atoms with Gasteiger partial charge in [-0.15, -0.1) is 0 Å². The SMILES string of the molecule is CCC(Cc1ccc(-c2ccc(COC(C)CC3(CC)COC3)cc2)cc1)OCC1(CC)COC1. The summed E-state index contributed by atoms with van der Waals surface area (Å²) in [5.74, 6) is 0. The Morgan fingerprint density at radius 2 is 1.29 bits per heavy atom. The standard InChI is InChI=1S/C31H44O4/c1-5-29(35-23-31(7-3)21-33-22-31)16-25-8-12-27(13-9-25)28-14-10-26(11-15-28)18-34-24(4)17-30(6-2)19-32-20-30/h8-15,24,29H,5-7,16-23H2,1-4H3. The number of rotatable bonds is 14.